The Labute approximate surface area is 155 Å². The molecule has 2 aromatic rings. The lowest BCUT2D eigenvalue weighted by Crippen LogP contribution is -2.46. The zero-order valence-electron chi connectivity index (χ0n) is 14.8. The van der Waals surface area contributed by atoms with Gasteiger partial charge in [-0.15, -0.1) is 0 Å². The van der Waals surface area contributed by atoms with Crippen LogP contribution in [-0.4, -0.2) is 40.7 Å². The molecule has 27 heavy (non-hydrogen) atoms. The minimum atomic E-state index is -1.15. The number of fused-ring (bicyclic) bond motifs is 1. The normalized spacial score (nSPS) is 15.3. The van der Waals surface area contributed by atoms with Gasteiger partial charge >= 0.3 is 5.97 Å². The van der Waals surface area contributed by atoms with Crippen molar-refractivity contribution in [3.63, 3.8) is 0 Å². The summed E-state index contributed by atoms with van der Waals surface area (Å²) >= 11 is 0. The molecule has 0 saturated heterocycles. The number of ether oxygens (including phenoxy) is 1. The SMILES string of the molecule is C[C@H](C(=O)O[C@H](C)C(=O)NCc1ccco1)N1C(=O)c2ccccc2C1=O. The van der Waals surface area contributed by atoms with Crippen LogP contribution in [0.25, 0.3) is 0 Å². The molecule has 1 aromatic carbocycles. The number of imide groups is 1. The van der Waals surface area contributed by atoms with Gasteiger partial charge in [-0.1, -0.05) is 12.1 Å². The molecule has 1 aliphatic rings. The Morgan fingerprint density at radius 1 is 1.07 bits per heavy atom. The fourth-order valence-electron chi connectivity index (χ4n) is 2.72. The summed E-state index contributed by atoms with van der Waals surface area (Å²) in [5, 5.41) is 2.57. The van der Waals surface area contributed by atoms with Crippen molar-refractivity contribution in [2.75, 3.05) is 0 Å². The third-order valence-corrected chi connectivity index (χ3v) is 4.23. The number of furan rings is 1. The van der Waals surface area contributed by atoms with Gasteiger partial charge in [-0.3, -0.25) is 19.3 Å². The zero-order valence-corrected chi connectivity index (χ0v) is 14.8. The summed E-state index contributed by atoms with van der Waals surface area (Å²) in [5.74, 6) is -1.93. The molecule has 3 amide bonds. The van der Waals surface area contributed by atoms with E-state index in [9.17, 15) is 19.2 Å². The number of carbonyl (C=O) groups excluding carboxylic acids is 4. The van der Waals surface area contributed by atoms with Gasteiger partial charge in [0.15, 0.2) is 6.10 Å². The Morgan fingerprint density at radius 2 is 1.70 bits per heavy atom. The van der Waals surface area contributed by atoms with Crippen LogP contribution in [0.5, 0.6) is 0 Å². The summed E-state index contributed by atoms with van der Waals surface area (Å²) < 4.78 is 10.2. The monoisotopic (exact) mass is 370 g/mol. The maximum atomic E-state index is 12.4. The summed E-state index contributed by atoms with van der Waals surface area (Å²) in [4.78, 5) is 50.1. The summed E-state index contributed by atoms with van der Waals surface area (Å²) in [6.45, 7) is 2.95. The standard InChI is InChI=1S/C19H18N2O6/c1-11(21-17(23)14-7-3-4-8-15(14)18(21)24)19(25)27-12(2)16(22)20-10-13-6-5-9-26-13/h3-9,11-12H,10H2,1-2H3,(H,20,22)/t11-,12-/m1/s1. The highest BCUT2D eigenvalue weighted by Gasteiger charge is 2.41. The van der Waals surface area contributed by atoms with Crippen LogP contribution < -0.4 is 5.32 Å². The Balaban J connectivity index is 1.60. The van der Waals surface area contributed by atoms with Gasteiger partial charge in [0.2, 0.25) is 0 Å². The van der Waals surface area contributed by atoms with Gasteiger partial charge in [0.1, 0.15) is 11.8 Å². The smallest absolute Gasteiger partial charge is 0.329 e. The molecule has 0 bridgehead atoms. The average molecular weight is 370 g/mol. The van der Waals surface area contributed by atoms with Crippen LogP contribution in [0.4, 0.5) is 0 Å². The number of carbonyl (C=O) groups is 4. The van der Waals surface area contributed by atoms with Crippen LogP contribution in [0, 0.1) is 0 Å². The van der Waals surface area contributed by atoms with Gasteiger partial charge in [0.25, 0.3) is 17.7 Å². The van der Waals surface area contributed by atoms with Crippen molar-refractivity contribution in [2.24, 2.45) is 0 Å². The van der Waals surface area contributed by atoms with E-state index in [0.717, 1.165) is 4.90 Å². The molecule has 140 valence electrons. The van der Waals surface area contributed by atoms with Crippen LogP contribution in [0.15, 0.2) is 47.1 Å². The van der Waals surface area contributed by atoms with Crippen LogP contribution in [0.1, 0.15) is 40.3 Å². The van der Waals surface area contributed by atoms with Crippen molar-refractivity contribution in [1.29, 1.82) is 0 Å². The topological polar surface area (TPSA) is 106 Å². The Bertz CT molecular complexity index is 854. The van der Waals surface area contributed by atoms with Gasteiger partial charge in [-0.2, -0.15) is 0 Å². The molecule has 0 spiro atoms. The molecule has 0 aliphatic carbocycles. The second-order valence-electron chi connectivity index (χ2n) is 6.08. The van der Waals surface area contributed by atoms with E-state index in [1.165, 1.54) is 32.2 Å². The minimum Gasteiger partial charge on any atom is -0.467 e. The summed E-state index contributed by atoms with van der Waals surface area (Å²) in [6.07, 6.45) is 0.388. The van der Waals surface area contributed by atoms with E-state index in [1.54, 1.807) is 24.3 Å². The van der Waals surface area contributed by atoms with Crippen molar-refractivity contribution >= 4 is 23.7 Å². The molecule has 0 fully saturated rings. The number of hydrogen-bond donors (Lipinski definition) is 1. The van der Waals surface area contributed by atoms with Crippen molar-refractivity contribution in [1.82, 2.24) is 10.2 Å². The molecule has 1 aromatic heterocycles. The van der Waals surface area contributed by atoms with Gasteiger partial charge in [0, 0.05) is 0 Å². The number of nitrogens with one attached hydrogen (secondary N) is 1. The Kier molecular flexibility index (Phi) is 5.07. The fourth-order valence-corrected chi connectivity index (χ4v) is 2.72. The molecule has 0 unspecified atom stereocenters. The predicted octanol–water partition coefficient (Wildman–Crippen LogP) is 1.51. The van der Waals surface area contributed by atoms with Gasteiger partial charge in [-0.25, -0.2) is 4.79 Å². The third-order valence-electron chi connectivity index (χ3n) is 4.23. The third kappa shape index (κ3) is 3.59. The Hall–Kier alpha value is -3.42. The van der Waals surface area contributed by atoms with Crippen molar-refractivity contribution in [3.8, 4) is 0 Å². The number of hydrogen-bond acceptors (Lipinski definition) is 6. The second kappa shape index (κ2) is 7.45. The number of rotatable bonds is 6. The molecular formula is C19H18N2O6. The number of benzene rings is 1. The van der Waals surface area contributed by atoms with E-state index in [0.29, 0.717) is 5.76 Å². The van der Waals surface area contributed by atoms with Crippen LogP contribution in [-0.2, 0) is 20.9 Å². The first-order valence-corrected chi connectivity index (χ1v) is 8.37. The van der Waals surface area contributed by atoms with Crippen LogP contribution in [0.2, 0.25) is 0 Å². The fraction of sp³-hybridized carbons (Fsp3) is 0.263. The molecule has 2 heterocycles. The number of amides is 3. The molecule has 1 N–H and O–H groups in total. The average Bonchev–Trinajstić information content (AvgIpc) is 3.26. The first kappa shape index (κ1) is 18.4. The Morgan fingerprint density at radius 3 is 2.26 bits per heavy atom. The lowest BCUT2D eigenvalue weighted by molar-refractivity contribution is -0.158. The first-order valence-electron chi connectivity index (χ1n) is 8.37. The van der Waals surface area contributed by atoms with Gasteiger partial charge in [-0.05, 0) is 38.1 Å². The van der Waals surface area contributed by atoms with E-state index in [4.69, 9.17) is 9.15 Å². The molecule has 8 heteroatoms. The molecule has 0 radical (unpaired) electrons. The predicted molar refractivity (Wildman–Crippen MR) is 92.5 cm³/mol. The zero-order chi connectivity index (χ0) is 19.6. The van der Waals surface area contributed by atoms with Crippen molar-refractivity contribution < 1.29 is 28.3 Å². The van der Waals surface area contributed by atoms with Crippen molar-refractivity contribution in [2.45, 2.75) is 32.5 Å². The van der Waals surface area contributed by atoms with E-state index in [2.05, 4.69) is 5.32 Å². The van der Waals surface area contributed by atoms with Gasteiger partial charge in [0.05, 0.1) is 23.9 Å². The number of nitrogens with zero attached hydrogens (tertiary/aromatic N) is 1. The highest BCUT2D eigenvalue weighted by Crippen LogP contribution is 2.24. The molecule has 1 aliphatic heterocycles. The number of esters is 1. The van der Waals surface area contributed by atoms with Crippen LogP contribution in [0.3, 0.4) is 0 Å². The lowest BCUT2D eigenvalue weighted by Gasteiger charge is -2.22. The van der Waals surface area contributed by atoms with E-state index < -0.39 is 35.8 Å². The first-order chi connectivity index (χ1) is 12.9. The van der Waals surface area contributed by atoms with E-state index in [1.807, 2.05) is 0 Å². The second-order valence-corrected chi connectivity index (χ2v) is 6.08. The largest absolute Gasteiger partial charge is 0.467 e. The molecular weight excluding hydrogens is 352 g/mol. The quantitative estimate of drug-likeness (QED) is 0.610. The van der Waals surface area contributed by atoms with E-state index >= 15 is 0 Å². The molecule has 8 nitrogen and oxygen atoms in total. The van der Waals surface area contributed by atoms with E-state index in [-0.39, 0.29) is 17.7 Å². The molecule has 2 atom stereocenters. The maximum absolute atomic E-state index is 12.4. The highest BCUT2D eigenvalue weighted by atomic mass is 16.5. The minimum absolute atomic E-state index is 0.154. The lowest BCUT2D eigenvalue weighted by atomic mass is 10.1. The maximum Gasteiger partial charge on any atom is 0.329 e. The summed E-state index contributed by atoms with van der Waals surface area (Å²) in [6, 6.07) is 8.56. The molecule has 0 saturated carbocycles. The summed E-state index contributed by atoms with van der Waals surface area (Å²) in [5.41, 5.74) is 0.484. The molecule has 3 rings (SSSR count). The van der Waals surface area contributed by atoms with Gasteiger partial charge < -0.3 is 14.5 Å². The summed E-state index contributed by atoms with van der Waals surface area (Å²) in [7, 11) is 0. The van der Waals surface area contributed by atoms with Crippen LogP contribution >= 0.6 is 0 Å². The van der Waals surface area contributed by atoms with Crippen molar-refractivity contribution in [3.05, 3.63) is 59.5 Å². The highest BCUT2D eigenvalue weighted by molar-refractivity contribution is 6.22.